The van der Waals surface area contributed by atoms with Gasteiger partial charge in [-0.3, -0.25) is 4.98 Å². The van der Waals surface area contributed by atoms with E-state index < -0.39 is 6.43 Å². The molecule has 0 bridgehead atoms. The number of pyridine rings is 1. The Morgan fingerprint density at radius 1 is 1.45 bits per heavy atom. The molecule has 0 unspecified atom stereocenters. The zero-order chi connectivity index (χ0) is 8.43. The van der Waals surface area contributed by atoms with Crippen molar-refractivity contribution in [2.45, 2.75) is 6.43 Å². The summed E-state index contributed by atoms with van der Waals surface area (Å²) in [7, 11) is 0. The van der Waals surface area contributed by atoms with Gasteiger partial charge in [-0.05, 0) is 0 Å². The Kier molecular flexibility index (Phi) is 2.24. The molecule has 1 rings (SSSR count). The van der Waals surface area contributed by atoms with Gasteiger partial charge < -0.3 is 5.73 Å². The molecular weight excluding hydrogens is 174 g/mol. The summed E-state index contributed by atoms with van der Waals surface area (Å²) in [5.74, 6) is 0. The third-order valence-corrected chi connectivity index (χ3v) is 1.61. The van der Waals surface area contributed by atoms with E-state index in [1.165, 1.54) is 6.20 Å². The van der Waals surface area contributed by atoms with Crippen molar-refractivity contribution >= 4 is 17.3 Å². The van der Waals surface area contributed by atoms with Gasteiger partial charge in [-0.2, -0.15) is 0 Å². The van der Waals surface area contributed by atoms with Gasteiger partial charge in [0, 0.05) is 6.20 Å². The van der Waals surface area contributed by atoms with E-state index in [-0.39, 0.29) is 16.3 Å². The molecule has 0 amide bonds. The lowest BCUT2D eigenvalue weighted by atomic mass is 10.3. The molecule has 60 valence electrons. The molecule has 0 saturated carbocycles. The van der Waals surface area contributed by atoms with Crippen molar-refractivity contribution in [1.82, 2.24) is 4.98 Å². The van der Waals surface area contributed by atoms with Crippen LogP contribution in [-0.4, -0.2) is 4.98 Å². The van der Waals surface area contributed by atoms with Gasteiger partial charge in [-0.1, -0.05) is 11.6 Å². The Labute approximate surface area is 67.0 Å². The van der Waals surface area contributed by atoms with Crippen molar-refractivity contribution in [1.29, 1.82) is 0 Å². The number of nitrogen functional groups attached to an aromatic ring is 1. The van der Waals surface area contributed by atoms with E-state index in [9.17, 15) is 8.78 Å². The first-order chi connectivity index (χ1) is 5.13. The van der Waals surface area contributed by atoms with Crippen molar-refractivity contribution in [2.75, 3.05) is 5.73 Å². The van der Waals surface area contributed by atoms with Crippen LogP contribution < -0.4 is 5.73 Å². The first-order valence-electron chi connectivity index (χ1n) is 2.80. The van der Waals surface area contributed by atoms with Crippen LogP contribution >= 0.6 is 11.6 Å². The summed E-state index contributed by atoms with van der Waals surface area (Å²) in [4.78, 5) is 3.48. The lowest BCUT2D eigenvalue weighted by Crippen LogP contribution is -1.93. The predicted octanol–water partition coefficient (Wildman–Crippen LogP) is 2.25. The van der Waals surface area contributed by atoms with Gasteiger partial charge in [0.15, 0.2) is 0 Å². The van der Waals surface area contributed by atoms with E-state index >= 15 is 0 Å². The zero-order valence-electron chi connectivity index (χ0n) is 5.39. The zero-order valence-corrected chi connectivity index (χ0v) is 6.15. The van der Waals surface area contributed by atoms with Crippen LogP contribution in [0.2, 0.25) is 5.02 Å². The first-order valence-corrected chi connectivity index (χ1v) is 3.17. The maximum Gasteiger partial charge on any atom is 0.266 e. The fourth-order valence-corrected chi connectivity index (χ4v) is 0.810. The molecule has 0 aromatic carbocycles. The standard InChI is InChI=1S/C6H5ClF2N2/c7-5-3(6(8)9)1-11-2-4(5)10/h1-2,6H,10H2. The highest BCUT2D eigenvalue weighted by Gasteiger charge is 2.13. The van der Waals surface area contributed by atoms with E-state index in [1.54, 1.807) is 0 Å². The summed E-state index contributed by atoms with van der Waals surface area (Å²) < 4.78 is 24.1. The third-order valence-electron chi connectivity index (χ3n) is 1.17. The Hall–Kier alpha value is -0.900. The van der Waals surface area contributed by atoms with Crippen molar-refractivity contribution in [2.24, 2.45) is 0 Å². The van der Waals surface area contributed by atoms with Crippen LogP contribution in [0, 0.1) is 0 Å². The fraction of sp³-hybridized carbons (Fsp3) is 0.167. The Bertz CT molecular complexity index is 265. The highest BCUT2D eigenvalue weighted by molar-refractivity contribution is 6.33. The number of aromatic nitrogens is 1. The topological polar surface area (TPSA) is 38.9 Å². The molecule has 0 aliphatic heterocycles. The lowest BCUT2D eigenvalue weighted by molar-refractivity contribution is 0.151. The highest BCUT2D eigenvalue weighted by Crippen LogP contribution is 2.29. The molecule has 0 atom stereocenters. The maximum absolute atomic E-state index is 12.0. The molecule has 11 heavy (non-hydrogen) atoms. The minimum atomic E-state index is -2.63. The highest BCUT2D eigenvalue weighted by atomic mass is 35.5. The van der Waals surface area contributed by atoms with Gasteiger partial charge in [0.1, 0.15) is 0 Å². The van der Waals surface area contributed by atoms with Crippen molar-refractivity contribution < 1.29 is 8.78 Å². The Balaban J connectivity index is 3.17. The molecule has 0 saturated heterocycles. The van der Waals surface area contributed by atoms with Crippen LogP contribution in [-0.2, 0) is 0 Å². The van der Waals surface area contributed by atoms with Crippen LogP contribution in [0.4, 0.5) is 14.5 Å². The molecule has 1 aromatic heterocycles. The van der Waals surface area contributed by atoms with E-state index in [1.807, 2.05) is 0 Å². The summed E-state index contributed by atoms with van der Waals surface area (Å²) >= 11 is 5.44. The molecule has 0 radical (unpaired) electrons. The second-order valence-electron chi connectivity index (χ2n) is 1.93. The average Bonchev–Trinajstić information content (AvgIpc) is 1.94. The quantitative estimate of drug-likeness (QED) is 0.717. The molecule has 0 aliphatic carbocycles. The SMILES string of the molecule is Nc1cncc(C(F)F)c1Cl. The van der Waals surface area contributed by atoms with Crippen molar-refractivity contribution in [3.63, 3.8) is 0 Å². The monoisotopic (exact) mass is 178 g/mol. The molecular formula is C6H5ClF2N2. The number of alkyl halides is 2. The van der Waals surface area contributed by atoms with Crippen LogP contribution in [0.15, 0.2) is 12.4 Å². The largest absolute Gasteiger partial charge is 0.396 e. The lowest BCUT2D eigenvalue weighted by Gasteiger charge is -2.02. The summed E-state index contributed by atoms with van der Waals surface area (Å²) in [6.07, 6.45) is -0.393. The minimum Gasteiger partial charge on any atom is -0.396 e. The van der Waals surface area contributed by atoms with E-state index in [0.29, 0.717) is 0 Å². The first kappa shape index (κ1) is 8.20. The fourth-order valence-electron chi connectivity index (χ4n) is 0.630. The Morgan fingerprint density at radius 3 is 2.55 bits per heavy atom. The molecule has 2 nitrogen and oxygen atoms in total. The number of rotatable bonds is 1. The smallest absolute Gasteiger partial charge is 0.266 e. The number of nitrogens with zero attached hydrogens (tertiary/aromatic N) is 1. The number of halogens is 3. The van der Waals surface area contributed by atoms with Crippen molar-refractivity contribution in [3.8, 4) is 0 Å². The van der Waals surface area contributed by atoms with Gasteiger partial charge in [-0.15, -0.1) is 0 Å². The van der Waals surface area contributed by atoms with Gasteiger partial charge in [0.25, 0.3) is 6.43 Å². The van der Waals surface area contributed by atoms with E-state index in [0.717, 1.165) is 6.20 Å². The third kappa shape index (κ3) is 1.57. The maximum atomic E-state index is 12.0. The average molecular weight is 179 g/mol. The van der Waals surface area contributed by atoms with Crippen LogP contribution in [0.5, 0.6) is 0 Å². The second-order valence-corrected chi connectivity index (χ2v) is 2.31. The molecule has 5 heteroatoms. The molecule has 1 heterocycles. The molecule has 2 N–H and O–H groups in total. The summed E-state index contributed by atoms with van der Waals surface area (Å²) in [6.45, 7) is 0. The normalized spacial score (nSPS) is 10.5. The summed E-state index contributed by atoms with van der Waals surface area (Å²) in [5.41, 5.74) is 4.98. The van der Waals surface area contributed by atoms with Crippen molar-refractivity contribution in [3.05, 3.63) is 23.0 Å². The molecule has 1 aromatic rings. The Morgan fingerprint density at radius 2 is 2.09 bits per heavy atom. The second kappa shape index (κ2) is 3.00. The van der Waals surface area contributed by atoms with Gasteiger partial charge in [-0.25, -0.2) is 8.78 Å². The van der Waals surface area contributed by atoms with Gasteiger partial charge in [0.2, 0.25) is 0 Å². The predicted molar refractivity (Wildman–Crippen MR) is 38.6 cm³/mol. The van der Waals surface area contributed by atoms with Gasteiger partial charge in [0.05, 0.1) is 22.5 Å². The van der Waals surface area contributed by atoms with E-state index in [4.69, 9.17) is 17.3 Å². The van der Waals surface area contributed by atoms with Crippen LogP contribution in [0.25, 0.3) is 0 Å². The molecule has 0 aliphatic rings. The van der Waals surface area contributed by atoms with Crippen LogP contribution in [0.1, 0.15) is 12.0 Å². The summed E-state index contributed by atoms with van der Waals surface area (Å²) in [5, 5.41) is -0.116. The number of hydrogen-bond acceptors (Lipinski definition) is 2. The number of nitrogens with two attached hydrogens (primary N) is 1. The number of anilines is 1. The van der Waals surface area contributed by atoms with E-state index in [2.05, 4.69) is 4.98 Å². The summed E-state index contributed by atoms with van der Waals surface area (Å²) in [6, 6.07) is 0. The molecule has 0 fully saturated rings. The molecule has 0 spiro atoms. The minimum absolute atomic E-state index is 0.0736. The van der Waals surface area contributed by atoms with Gasteiger partial charge >= 0.3 is 0 Å². The van der Waals surface area contributed by atoms with Crippen LogP contribution in [0.3, 0.4) is 0 Å². The number of hydrogen-bond donors (Lipinski definition) is 1.